The van der Waals surface area contributed by atoms with Crippen LogP contribution in [0, 0.1) is 18.3 Å². The number of thiazole rings is 1. The molecule has 0 bridgehead atoms. The molecule has 0 radical (unpaired) electrons. The fourth-order valence-corrected chi connectivity index (χ4v) is 3.90. The summed E-state index contributed by atoms with van der Waals surface area (Å²) in [6.07, 6.45) is 0. The van der Waals surface area contributed by atoms with Gasteiger partial charge in [0.2, 0.25) is 5.91 Å². The van der Waals surface area contributed by atoms with Crippen molar-refractivity contribution in [3.63, 3.8) is 0 Å². The molecule has 0 saturated carbocycles. The van der Waals surface area contributed by atoms with E-state index in [-0.39, 0.29) is 11.7 Å². The third-order valence-corrected chi connectivity index (χ3v) is 5.32. The number of nitrogens with zero attached hydrogens (tertiary/aromatic N) is 2. The lowest BCUT2D eigenvalue weighted by molar-refractivity contribution is -0.113. The summed E-state index contributed by atoms with van der Waals surface area (Å²) in [5, 5.41) is 14.4. The predicted molar refractivity (Wildman–Crippen MR) is 79.7 cm³/mol. The van der Waals surface area contributed by atoms with E-state index in [4.69, 9.17) is 11.0 Å². The molecule has 2 aromatic heterocycles. The first-order valence-corrected chi connectivity index (χ1v) is 7.91. The summed E-state index contributed by atoms with van der Waals surface area (Å²) < 4.78 is 0.944. The molecule has 5 nitrogen and oxygen atoms in total. The number of nitrogens with one attached hydrogen (secondary N) is 1. The number of carbonyl (C=O) groups is 1. The van der Waals surface area contributed by atoms with Crippen LogP contribution >= 0.6 is 34.4 Å². The number of aryl methyl sites for hydroxylation is 1. The van der Waals surface area contributed by atoms with E-state index in [1.54, 1.807) is 11.4 Å². The van der Waals surface area contributed by atoms with E-state index in [0.717, 1.165) is 9.90 Å². The largest absolute Gasteiger partial charge is 0.375 e. The number of nitrogen functional groups attached to an aromatic ring is 1. The minimum atomic E-state index is -0.143. The molecule has 2 heterocycles. The Labute approximate surface area is 122 Å². The number of anilines is 2. The van der Waals surface area contributed by atoms with E-state index < -0.39 is 0 Å². The molecule has 1 amide bonds. The fourth-order valence-electron chi connectivity index (χ4n) is 1.32. The molecule has 2 aromatic rings. The minimum Gasteiger partial charge on any atom is -0.375 e. The van der Waals surface area contributed by atoms with Crippen molar-refractivity contribution >= 4 is 50.5 Å². The average Bonchev–Trinajstić information content (AvgIpc) is 2.93. The molecule has 98 valence electrons. The molecule has 0 spiro atoms. The van der Waals surface area contributed by atoms with Crippen LogP contribution < -0.4 is 11.1 Å². The summed E-state index contributed by atoms with van der Waals surface area (Å²) in [6.45, 7) is 1.86. The molecule has 2 rings (SSSR count). The van der Waals surface area contributed by atoms with Crippen molar-refractivity contribution in [2.24, 2.45) is 0 Å². The van der Waals surface area contributed by atoms with Gasteiger partial charge in [0.1, 0.15) is 11.1 Å². The van der Waals surface area contributed by atoms with Crippen molar-refractivity contribution < 1.29 is 4.79 Å². The Balaban J connectivity index is 1.92. The van der Waals surface area contributed by atoms with Crippen molar-refractivity contribution in [1.29, 1.82) is 5.26 Å². The highest BCUT2D eigenvalue weighted by atomic mass is 32.2. The van der Waals surface area contributed by atoms with Crippen LogP contribution in [-0.4, -0.2) is 16.6 Å². The summed E-state index contributed by atoms with van der Waals surface area (Å²) >= 11 is 4.11. The van der Waals surface area contributed by atoms with Crippen LogP contribution in [0.4, 0.5) is 10.1 Å². The van der Waals surface area contributed by atoms with Crippen LogP contribution in [0.25, 0.3) is 0 Å². The number of aromatic nitrogens is 1. The number of rotatable bonds is 4. The van der Waals surface area contributed by atoms with Gasteiger partial charge >= 0.3 is 0 Å². The van der Waals surface area contributed by atoms with E-state index >= 15 is 0 Å². The molecule has 0 aliphatic heterocycles. The first-order chi connectivity index (χ1) is 9.10. The number of hydrogen-bond donors (Lipinski definition) is 2. The number of thiophene rings is 1. The summed E-state index contributed by atoms with van der Waals surface area (Å²) in [6, 6.07) is 3.71. The highest BCUT2D eigenvalue weighted by molar-refractivity contribution is 8.01. The molecule has 0 aromatic carbocycles. The van der Waals surface area contributed by atoms with Crippen molar-refractivity contribution in [3.8, 4) is 6.07 Å². The van der Waals surface area contributed by atoms with E-state index in [2.05, 4.69) is 10.3 Å². The molecule has 19 heavy (non-hydrogen) atoms. The molecule has 0 aliphatic rings. The highest BCUT2D eigenvalue weighted by Crippen LogP contribution is 2.30. The molecule has 0 fully saturated rings. The topological polar surface area (TPSA) is 91.8 Å². The lowest BCUT2D eigenvalue weighted by atomic mass is 10.3. The van der Waals surface area contributed by atoms with Crippen molar-refractivity contribution in [2.75, 3.05) is 16.8 Å². The third-order valence-electron chi connectivity index (χ3n) is 2.14. The number of carbonyl (C=O) groups excluding carboxylic acids is 1. The van der Waals surface area contributed by atoms with Gasteiger partial charge in [0.05, 0.1) is 21.2 Å². The molecule has 0 aliphatic carbocycles. The monoisotopic (exact) mass is 310 g/mol. The smallest absolute Gasteiger partial charge is 0.235 e. The van der Waals surface area contributed by atoms with Gasteiger partial charge in [-0.3, -0.25) is 4.79 Å². The van der Waals surface area contributed by atoms with Crippen LogP contribution in [0.15, 0.2) is 15.7 Å². The summed E-state index contributed by atoms with van der Waals surface area (Å²) in [7, 11) is 0. The molecule has 3 N–H and O–H groups in total. The molecule has 8 heteroatoms. The Morgan fingerprint density at radius 1 is 1.68 bits per heavy atom. The van der Waals surface area contributed by atoms with Gasteiger partial charge in [-0.1, -0.05) is 11.3 Å². The van der Waals surface area contributed by atoms with E-state index in [0.29, 0.717) is 15.7 Å². The van der Waals surface area contributed by atoms with Gasteiger partial charge in [0.25, 0.3) is 0 Å². The van der Waals surface area contributed by atoms with E-state index in [9.17, 15) is 4.79 Å². The average molecular weight is 310 g/mol. The predicted octanol–water partition coefficient (Wildman–Crippen LogP) is 2.70. The van der Waals surface area contributed by atoms with Crippen LogP contribution in [0.3, 0.4) is 0 Å². The number of hydrogen-bond acceptors (Lipinski definition) is 7. The lowest BCUT2D eigenvalue weighted by Gasteiger charge is -2.02. The minimum absolute atomic E-state index is 0.143. The second-order valence-corrected chi connectivity index (χ2v) is 6.73. The van der Waals surface area contributed by atoms with Gasteiger partial charge in [-0.2, -0.15) is 5.26 Å². The van der Waals surface area contributed by atoms with Crippen molar-refractivity contribution in [1.82, 2.24) is 4.98 Å². The summed E-state index contributed by atoms with van der Waals surface area (Å²) in [5.74, 6) is 0.126. The maximum absolute atomic E-state index is 11.8. The fraction of sp³-hybridized carbons (Fsp3) is 0.182. The lowest BCUT2D eigenvalue weighted by Crippen LogP contribution is -2.13. The van der Waals surface area contributed by atoms with Crippen molar-refractivity contribution in [2.45, 2.75) is 11.1 Å². The van der Waals surface area contributed by atoms with Gasteiger partial charge in [0.15, 0.2) is 5.13 Å². The second kappa shape index (κ2) is 6.06. The standard InChI is InChI=1S/C11H10N4OS3/c1-6-10(19-11(13)14-6)18-5-8(16)15-9-7(4-12)2-3-17-9/h2-3H,5H2,1H3,(H2,13,14)(H,15,16). The van der Waals surface area contributed by atoms with E-state index in [1.165, 1.54) is 34.4 Å². The van der Waals surface area contributed by atoms with Gasteiger partial charge in [-0.25, -0.2) is 4.98 Å². The first kappa shape index (κ1) is 13.9. The van der Waals surface area contributed by atoms with Crippen LogP contribution in [0.2, 0.25) is 0 Å². The maximum Gasteiger partial charge on any atom is 0.235 e. The number of amides is 1. The molecular formula is C11H10N4OS3. The number of nitrogens with two attached hydrogens (primary N) is 1. The van der Waals surface area contributed by atoms with Gasteiger partial charge in [-0.05, 0) is 18.4 Å². The number of nitriles is 1. The number of thioether (sulfide) groups is 1. The quantitative estimate of drug-likeness (QED) is 0.847. The maximum atomic E-state index is 11.8. The molecule has 0 atom stereocenters. The van der Waals surface area contributed by atoms with Crippen molar-refractivity contribution in [3.05, 3.63) is 22.7 Å². The van der Waals surface area contributed by atoms with Crippen LogP contribution in [0.1, 0.15) is 11.3 Å². The van der Waals surface area contributed by atoms with Crippen LogP contribution in [0.5, 0.6) is 0 Å². The van der Waals surface area contributed by atoms with E-state index in [1.807, 2.05) is 13.0 Å². The Morgan fingerprint density at radius 2 is 2.47 bits per heavy atom. The Kier molecular flexibility index (Phi) is 4.42. The summed E-state index contributed by atoms with van der Waals surface area (Å²) in [5.41, 5.74) is 6.92. The molecular weight excluding hydrogens is 300 g/mol. The molecule has 0 unspecified atom stereocenters. The first-order valence-electron chi connectivity index (χ1n) is 5.23. The Bertz CT molecular complexity index is 641. The zero-order valence-corrected chi connectivity index (χ0v) is 12.4. The van der Waals surface area contributed by atoms with Gasteiger partial charge in [0, 0.05) is 0 Å². The second-order valence-electron chi connectivity index (χ2n) is 3.54. The highest BCUT2D eigenvalue weighted by Gasteiger charge is 2.11. The Hall–Kier alpha value is -1.56. The summed E-state index contributed by atoms with van der Waals surface area (Å²) in [4.78, 5) is 15.9. The SMILES string of the molecule is Cc1nc(N)sc1SCC(=O)Nc1sccc1C#N. The molecule has 0 saturated heterocycles. The zero-order valence-electron chi connectivity index (χ0n) is 9.97. The third kappa shape index (κ3) is 3.47. The van der Waals surface area contributed by atoms with Gasteiger partial charge in [-0.15, -0.1) is 23.1 Å². The Morgan fingerprint density at radius 3 is 3.11 bits per heavy atom. The zero-order chi connectivity index (χ0) is 13.8. The van der Waals surface area contributed by atoms with Crippen LogP contribution in [-0.2, 0) is 4.79 Å². The normalized spacial score (nSPS) is 10.1. The van der Waals surface area contributed by atoms with Gasteiger partial charge < -0.3 is 11.1 Å².